The molecule has 2 aromatic rings. The molecule has 0 spiro atoms. The molecule has 1 aromatic heterocycles. The molecule has 3 amide bonds. The molecular formula is C22H31N5O5. The van der Waals surface area contributed by atoms with Crippen LogP contribution in [0, 0.1) is 5.92 Å². The van der Waals surface area contributed by atoms with Crippen molar-refractivity contribution in [2.24, 2.45) is 17.4 Å². The van der Waals surface area contributed by atoms with Gasteiger partial charge in [0.1, 0.15) is 12.1 Å². The van der Waals surface area contributed by atoms with Crippen LogP contribution < -0.4 is 22.1 Å². The number of fused-ring (bicyclic) bond motifs is 1. The maximum atomic E-state index is 12.9. The van der Waals surface area contributed by atoms with Crippen LogP contribution in [0.4, 0.5) is 0 Å². The average molecular weight is 446 g/mol. The number of primary amides is 1. The van der Waals surface area contributed by atoms with Gasteiger partial charge >= 0.3 is 5.97 Å². The lowest BCUT2D eigenvalue weighted by atomic mass is 9.98. The summed E-state index contributed by atoms with van der Waals surface area (Å²) < 4.78 is 0. The van der Waals surface area contributed by atoms with Crippen molar-refractivity contribution in [2.75, 3.05) is 0 Å². The fourth-order valence-electron chi connectivity index (χ4n) is 3.33. The minimum atomic E-state index is -1.24. The summed E-state index contributed by atoms with van der Waals surface area (Å²) in [5.74, 6) is -3.25. The average Bonchev–Trinajstić information content (AvgIpc) is 3.17. The molecule has 0 radical (unpaired) electrons. The predicted molar refractivity (Wildman–Crippen MR) is 119 cm³/mol. The second-order valence-electron chi connectivity index (χ2n) is 7.94. The third-order valence-corrected chi connectivity index (χ3v) is 5.59. The van der Waals surface area contributed by atoms with Gasteiger partial charge in [-0.2, -0.15) is 0 Å². The van der Waals surface area contributed by atoms with Gasteiger partial charge in [-0.25, -0.2) is 4.79 Å². The zero-order valence-electron chi connectivity index (χ0n) is 18.3. The standard InChI is InChI=1S/C22H31N5O5/c1-3-12(2)19(24)21(30)26-16(8-9-18(23)28)20(29)27-17(22(31)32)10-13-11-25-15-7-5-4-6-14(13)15/h4-7,11-12,16-17,19,25H,3,8-10,24H2,1-2H3,(H2,23,28)(H,26,30)(H,27,29)(H,31,32). The molecule has 0 aliphatic heterocycles. The minimum absolute atomic E-state index is 0.0357. The Morgan fingerprint density at radius 2 is 1.75 bits per heavy atom. The molecule has 1 aromatic carbocycles. The number of carbonyl (C=O) groups excluding carboxylic acids is 3. The second kappa shape index (κ2) is 11.3. The first-order chi connectivity index (χ1) is 15.1. The number of rotatable bonds is 12. The van der Waals surface area contributed by atoms with E-state index in [9.17, 15) is 24.3 Å². The third-order valence-electron chi connectivity index (χ3n) is 5.59. The van der Waals surface area contributed by atoms with Gasteiger partial charge in [-0.15, -0.1) is 0 Å². The van der Waals surface area contributed by atoms with Gasteiger partial charge in [0.25, 0.3) is 0 Å². The Hall–Kier alpha value is -3.40. The fourth-order valence-corrected chi connectivity index (χ4v) is 3.33. The van der Waals surface area contributed by atoms with Gasteiger partial charge in [0, 0.05) is 29.9 Å². The molecule has 1 heterocycles. The van der Waals surface area contributed by atoms with E-state index in [-0.39, 0.29) is 25.2 Å². The van der Waals surface area contributed by atoms with Crippen LogP contribution in [0.5, 0.6) is 0 Å². The number of benzene rings is 1. The fraction of sp³-hybridized carbons (Fsp3) is 0.455. The zero-order chi connectivity index (χ0) is 23.8. The Bertz CT molecular complexity index is 973. The van der Waals surface area contributed by atoms with Gasteiger partial charge < -0.3 is 32.2 Å². The zero-order valence-corrected chi connectivity index (χ0v) is 18.3. The molecule has 2 rings (SSSR count). The van der Waals surface area contributed by atoms with Crippen molar-refractivity contribution in [3.05, 3.63) is 36.0 Å². The first kappa shape index (κ1) is 24.9. The van der Waals surface area contributed by atoms with Crippen LogP contribution in [0.15, 0.2) is 30.5 Å². The first-order valence-electron chi connectivity index (χ1n) is 10.6. The van der Waals surface area contributed by atoms with E-state index in [1.807, 2.05) is 38.1 Å². The largest absolute Gasteiger partial charge is 0.480 e. The number of carboxylic acid groups (broad SMARTS) is 1. The number of nitrogens with one attached hydrogen (secondary N) is 3. The molecule has 0 aliphatic carbocycles. The van der Waals surface area contributed by atoms with E-state index in [0.29, 0.717) is 6.42 Å². The molecule has 10 heteroatoms. The van der Waals surface area contributed by atoms with Crippen molar-refractivity contribution >= 4 is 34.6 Å². The van der Waals surface area contributed by atoms with E-state index in [1.165, 1.54) is 0 Å². The van der Waals surface area contributed by atoms with E-state index in [4.69, 9.17) is 11.5 Å². The minimum Gasteiger partial charge on any atom is -0.480 e. The van der Waals surface area contributed by atoms with E-state index < -0.39 is 41.8 Å². The number of nitrogens with two attached hydrogens (primary N) is 2. The molecule has 8 N–H and O–H groups in total. The number of aromatic nitrogens is 1. The number of amides is 3. The summed E-state index contributed by atoms with van der Waals surface area (Å²) in [6, 6.07) is 4.19. The Morgan fingerprint density at radius 1 is 1.09 bits per heavy atom. The lowest BCUT2D eigenvalue weighted by molar-refractivity contribution is -0.142. The van der Waals surface area contributed by atoms with Crippen molar-refractivity contribution in [3.63, 3.8) is 0 Å². The van der Waals surface area contributed by atoms with Crippen LogP contribution in [-0.4, -0.2) is 51.9 Å². The van der Waals surface area contributed by atoms with Crippen LogP contribution >= 0.6 is 0 Å². The highest BCUT2D eigenvalue weighted by Gasteiger charge is 2.29. The van der Waals surface area contributed by atoms with Crippen LogP contribution in [0.25, 0.3) is 10.9 Å². The van der Waals surface area contributed by atoms with Crippen LogP contribution in [0.1, 0.15) is 38.7 Å². The van der Waals surface area contributed by atoms with Crippen molar-refractivity contribution in [1.29, 1.82) is 0 Å². The molecule has 0 aliphatic rings. The molecule has 4 unspecified atom stereocenters. The van der Waals surface area contributed by atoms with Crippen LogP contribution in [0.2, 0.25) is 0 Å². The number of H-pyrrole nitrogens is 1. The van der Waals surface area contributed by atoms with E-state index >= 15 is 0 Å². The van der Waals surface area contributed by atoms with Crippen molar-refractivity contribution in [1.82, 2.24) is 15.6 Å². The summed E-state index contributed by atoms with van der Waals surface area (Å²) in [7, 11) is 0. The van der Waals surface area contributed by atoms with Crippen molar-refractivity contribution in [2.45, 2.75) is 57.7 Å². The van der Waals surface area contributed by atoms with Crippen LogP contribution in [0.3, 0.4) is 0 Å². The summed E-state index contributed by atoms with van der Waals surface area (Å²) in [5, 5.41) is 15.5. The number of hydrogen-bond donors (Lipinski definition) is 6. The molecule has 0 saturated carbocycles. The number of hydrogen-bond acceptors (Lipinski definition) is 5. The number of carbonyl (C=O) groups is 4. The Balaban J connectivity index is 2.15. The summed E-state index contributed by atoms with van der Waals surface area (Å²) >= 11 is 0. The molecule has 174 valence electrons. The number of para-hydroxylation sites is 1. The summed E-state index contributed by atoms with van der Waals surface area (Å²) in [5.41, 5.74) is 12.7. The molecular weight excluding hydrogens is 414 g/mol. The smallest absolute Gasteiger partial charge is 0.326 e. The number of carboxylic acids is 1. The quantitative estimate of drug-likeness (QED) is 0.275. The summed E-state index contributed by atoms with van der Waals surface area (Å²) in [6.45, 7) is 3.70. The Kier molecular flexibility index (Phi) is 8.77. The van der Waals surface area contributed by atoms with Gasteiger partial charge in [0.15, 0.2) is 0 Å². The molecule has 0 bridgehead atoms. The molecule has 4 atom stereocenters. The highest BCUT2D eigenvalue weighted by atomic mass is 16.4. The predicted octanol–water partition coefficient (Wildman–Crippen LogP) is 0.404. The van der Waals surface area contributed by atoms with E-state index in [0.717, 1.165) is 16.5 Å². The van der Waals surface area contributed by atoms with E-state index in [2.05, 4.69) is 15.6 Å². The lowest BCUT2D eigenvalue weighted by Gasteiger charge is -2.24. The maximum absolute atomic E-state index is 12.9. The summed E-state index contributed by atoms with van der Waals surface area (Å²) in [4.78, 5) is 51.5. The lowest BCUT2D eigenvalue weighted by Crippen LogP contribution is -2.55. The molecule has 10 nitrogen and oxygen atoms in total. The highest BCUT2D eigenvalue weighted by molar-refractivity contribution is 5.92. The summed E-state index contributed by atoms with van der Waals surface area (Å²) in [6.07, 6.45) is 2.17. The first-order valence-corrected chi connectivity index (χ1v) is 10.6. The topological polar surface area (TPSA) is 180 Å². The van der Waals surface area contributed by atoms with Gasteiger partial charge in [-0.1, -0.05) is 38.5 Å². The van der Waals surface area contributed by atoms with Gasteiger partial charge in [0.05, 0.1) is 6.04 Å². The Morgan fingerprint density at radius 3 is 2.38 bits per heavy atom. The van der Waals surface area contributed by atoms with Gasteiger partial charge in [-0.3, -0.25) is 14.4 Å². The highest BCUT2D eigenvalue weighted by Crippen LogP contribution is 2.19. The normalized spacial score (nSPS) is 14.8. The Labute approximate surface area is 186 Å². The van der Waals surface area contributed by atoms with E-state index in [1.54, 1.807) is 6.20 Å². The monoisotopic (exact) mass is 445 g/mol. The number of aromatic amines is 1. The molecule has 32 heavy (non-hydrogen) atoms. The SMILES string of the molecule is CCC(C)C(N)C(=O)NC(CCC(N)=O)C(=O)NC(Cc1c[nH]c2ccccc12)C(=O)O. The van der Waals surface area contributed by atoms with Crippen molar-refractivity contribution < 1.29 is 24.3 Å². The second-order valence-corrected chi connectivity index (χ2v) is 7.94. The third kappa shape index (κ3) is 6.55. The molecule has 0 saturated heterocycles. The molecule has 0 fully saturated rings. The van der Waals surface area contributed by atoms with Gasteiger partial charge in [0.2, 0.25) is 17.7 Å². The maximum Gasteiger partial charge on any atom is 0.326 e. The van der Waals surface area contributed by atoms with Crippen molar-refractivity contribution in [3.8, 4) is 0 Å². The van der Waals surface area contributed by atoms with Gasteiger partial charge in [-0.05, 0) is 24.0 Å². The van der Waals surface area contributed by atoms with Crippen LogP contribution in [-0.2, 0) is 25.6 Å². The number of aliphatic carboxylic acids is 1.